The van der Waals surface area contributed by atoms with Crippen molar-refractivity contribution in [2.75, 3.05) is 0 Å². The Morgan fingerprint density at radius 1 is 0.224 bits per heavy atom. The van der Waals surface area contributed by atoms with Gasteiger partial charge in [-0.05, 0) is 111 Å². The minimum Gasteiger partial charge on any atom is -0.228 e. The van der Waals surface area contributed by atoms with Crippen LogP contribution in [0, 0.1) is 0 Å². The zero-order chi connectivity index (χ0) is 38.2. The largest absolute Gasteiger partial charge is 0.228 e. The predicted octanol–water partition coefficient (Wildman–Crippen LogP) is 15.2. The molecule has 0 amide bonds. The molecule has 0 atom stereocenters. The van der Waals surface area contributed by atoms with Crippen molar-refractivity contribution in [2.45, 2.75) is 0 Å². The highest BCUT2D eigenvalue weighted by Crippen LogP contribution is 2.44. The number of hydrogen-bond donors (Lipinski definition) is 0. The summed E-state index contributed by atoms with van der Waals surface area (Å²) in [6.07, 6.45) is 0. The molecule has 0 radical (unpaired) electrons. The summed E-state index contributed by atoms with van der Waals surface area (Å²) in [5, 5.41) is 15.1. The first kappa shape index (κ1) is 32.6. The van der Waals surface area contributed by atoms with E-state index in [0.29, 0.717) is 5.82 Å². The number of fused-ring (bicyclic) bond motifs is 2. The fourth-order valence-electron chi connectivity index (χ4n) is 9.24. The quantitative estimate of drug-likeness (QED) is 0.165. The highest BCUT2D eigenvalue weighted by atomic mass is 14.9. The third-order valence-electron chi connectivity index (χ3n) is 12.0. The summed E-state index contributed by atoms with van der Waals surface area (Å²) < 4.78 is 0. The summed E-state index contributed by atoms with van der Waals surface area (Å²) in [6.45, 7) is 0. The van der Waals surface area contributed by atoms with Crippen LogP contribution in [0.3, 0.4) is 0 Å². The maximum absolute atomic E-state index is 5.40. The van der Waals surface area contributed by atoms with Gasteiger partial charge < -0.3 is 0 Å². The second-order valence-electron chi connectivity index (χ2n) is 15.3. The van der Waals surface area contributed by atoms with E-state index >= 15 is 0 Å². The molecule has 0 aliphatic rings. The zero-order valence-corrected chi connectivity index (χ0v) is 31.5. The van der Waals surface area contributed by atoms with E-state index in [1.807, 2.05) is 0 Å². The van der Waals surface area contributed by atoms with E-state index in [1.54, 1.807) is 0 Å². The first-order valence-corrected chi connectivity index (χ1v) is 19.9. The van der Waals surface area contributed by atoms with Crippen LogP contribution in [0.5, 0.6) is 0 Å². The molecule has 0 saturated carbocycles. The summed E-state index contributed by atoms with van der Waals surface area (Å²) in [4.78, 5) is 10.7. The van der Waals surface area contributed by atoms with Crippen LogP contribution in [0.15, 0.2) is 206 Å². The van der Waals surface area contributed by atoms with E-state index in [1.165, 1.54) is 75.8 Å². The average molecular weight is 735 g/mol. The second kappa shape index (κ2) is 12.9. The monoisotopic (exact) mass is 734 g/mol. The van der Waals surface area contributed by atoms with Crippen LogP contribution in [0.4, 0.5) is 0 Å². The Balaban J connectivity index is 1.15. The van der Waals surface area contributed by atoms with Gasteiger partial charge in [-0.1, -0.05) is 182 Å². The molecule has 0 unspecified atom stereocenters. The van der Waals surface area contributed by atoms with Gasteiger partial charge in [0.05, 0.1) is 11.4 Å². The van der Waals surface area contributed by atoms with E-state index in [2.05, 4.69) is 206 Å². The van der Waals surface area contributed by atoms with Crippen LogP contribution in [0.2, 0.25) is 0 Å². The van der Waals surface area contributed by atoms with Gasteiger partial charge >= 0.3 is 0 Å². The number of nitrogens with zero attached hydrogens (tertiary/aromatic N) is 2. The molecule has 2 nitrogen and oxygen atoms in total. The van der Waals surface area contributed by atoms with E-state index < -0.39 is 0 Å². The first-order valence-electron chi connectivity index (χ1n) is 19.9. The summed E-state index contributed by atoms with van der Waals surface area (Å²) in [6, 6.07) is 74.7. The predicted molar refractivity (Wildman–Crippen MR) is 245 cm³/mol. The van der Waals surface area contributed by atoms with Crippen LogP contribution in [-0.4, -0.2) is 9.97 Å². The fourth-order valence-corrected chi connectivity index (χ4v) is 9.24. The molecule has 0 spiro atoms. The average Bonchev–Trinajstić information content (AvgIpc) is 3.30. The third kappa shape index (κ3) is 5.19. The minimum atomic E-state index is 0.696. The van der Waals surface area contributed by atoms with Gasteiger partial charge in [0.25, 0.3) is 0 Å². The van der Waals surface area contributed by atoms with Crippen LogP contribution >= 0.6 is 0 Å². The lowest BCUT2D eigenvalue weighted by molar-refractivity contribution is 1.18. The molecule has 268 valence electrons. The molecule has 2 heteroatoms. The molecule has 12 aromatic rings. The molecule has 1 aromatic heterocycles. The topological polar surface area (TPSA) is 25.8 Å². The summed E-state index contributed by atoms with van der Waals surface area (Å²) in [7, 11) is 0. The lowest BCUT2D eigenvalue weighted by atomic mass is 9.87. The van der Waals surface area contributed by atoms with Crippen molar-refractivity contribution >= 4 is 64.6 Å². The van der Waals surface area contributed by atoms with Crippen molar-refractivity contribution in [3.8, 4) is 56.2 Å². The van der Waals surface area contributed by atoms with Gasteiger partial charge in [0.2, 0.25) is 0 Å². The van der Waals surface area contributed by atoms with E-state index in [9.17, 15) is 0 Å². The molecule has 0 aliphatic heterocycles. The molecule has 0 saturated heterocycles. The van der Waals surface area contributed by atoms with Crippen molar-refractivity contribution in [3.63, 3.8) is 0 Å². The lowest BCUT2D eigenvalue weighted by Crippen LogP contribution is -1.97. The second-order valence-corrected chi connectivity index (χ2v) is 15.3. The first-order chi connectivity index (χ1) is 28.7. The van der Waals surface area contributed by atoms with Crippen LogP contribution in [0.25, 0.3) is 121 Å². The number of benzene rings is 10. The fraction of sp³-hybridized carbons (Fsp3) is 0. The Labute approximate surface area is 335 Å². The minimum absolute atomic E-state index is 0.696. The lowest BCUT2D eigenvalue weighted by Gasteiger charge is -2.17. The highest BCUT2D eigenvalue weighted by Gasteiger charge is 2.18. The van der Waals surface area contributed by atoms with Crippen molar-refractivity contribution in [1.82, 2.24) is 9.97 Å². The van der Waals surface area contributed by atoms with Gasteiger partial charge in [0.15, 0.2) is 5.82 Å². The SMILES string of the molecule is c1ccc(-c2ccc(-c3nc(-c4cccc(-c5ccccc5)c4)cc(-c4cc5ccc6cccc7c8cccc9ccc%10cccc(c(c4)c5c67)c%10c98)n3)cc2)cc1. The smallest absolute Gasteiger partial charge is 0.160 e. The normalized spacial score (nSPS) is 11.8. The van der Waals surface area contributed by atoms with E-state index in [-0.39, 0.29) is 0 Å². The van der Waals surface area contributed by atoms with Crippen molar-refractivity contribution < 1.29 is 0 Å². The maximum atomic E-state index is 5.40. The van der Waals surface area contributed by atoms with Gasteiger partial charge in [-0.15, -0.1) is 0 Å². The standard InChI is InChI=1S/C56H34N2/c1-3-11-35(12-4-1)37-23-28-41(29-24-37)56-57-50(43-19-7-18-42(31-43)36-13-5-2-6-14-36)34-51(58-56)45-32-44-30-27-40-16-9-21-47-46-20-8-15-38-25-26-39-17-10-22-48(54(39)52(38)46)49(33-45)55(44)53(40)47/h1-34H. The van der Waals surface area contributed by atoms with Crippen molar-refractivity contribution in [1.29, 1.82) is 0 Å². The number of rotatable bonds is 5. The maximum Gasteiger partial charge on any atom is 0.160 e. The Kier molecular flexibility index (Phi) is 7.26. The Morgan fingerprint density at radius 2 is 0.655 bits per heavy atom. The molecular formula is C56H34N2. The van der Waals surface area contributed by atoms with Crippen molar-refractivity contribution in [3.05, 3.63) is 206 Å². The Hall–Kier alpha value is -7.68. The van der Waals surface area contributed by atoms with Crippen LogP contribution < -0.4 is 0 Å². The summed E-state index contributed by atoms with van der Waals surface area (Å²) in [5.41, 5.74) is 9.52. The molecule has 1 heterocycles. The molecule has 12 rings (SSSR count). The number of hydrogen-bond acceptors (Lipinski definition) is 2. The zero-order valence-electron chi connectivity index (χ0n) is 31.5. The van der Waals surface area contributed by atoms with Crippen molar-refractivity contribution in [2.24, 2.45) is 0 Å². The highest BCUT2D eigenvalue weighted by molar-refractivity contribution is 6.37. The Bertz CT molecular complexity index is 3530. The van der Waals surface area contributed by atoms with Gasteiger partial charge in [-0.2, -0.15) is 0 Å². The van der Waals surface area contributed by atoms with Gasteiger partial charge in [0.1, 0.15) is 0 Å². The third-order valence-corrected chi connectivity index (χ3v) is 12.0. The van der Waals surface area contributed by atoms with Crippen LogP contribution in [0.1, 0.15) is 0 Å². The van der Waals surface area contributed by atoms with Crippen LogP contribution in [-0.2, 0) is 0 Å². The van der Waals surface area contributed by atoms with E-state index in [4.69, 9.17) is 9.97 Å². The van der Waals surface area contributed by atoms with Gasteiger partial charge in [0, 0.05) is 16.7 Å². The van der Waals surface area contributed by atoms with E-state index in [0.717, 1.165) is 39.2 Å². The molecule has 58 heavy (non-hydrogen) atoms. The molecule has 0 bridgehead atoms. The molecular weight excluding hydrogens is 701 g/mol. The summed E-state index contributed by atoms with van der Waals surface area (Å²) >= 11 is 0. The molecule has 11 aromatic carbocycles. The Morgan fingerprint density at radius 3 is 1.26 bits per heavy atom. The number of aromatic nitrogens is 2. The molecule has 0 fully saturated rings. The van der Waals surface area contributed by atoms with Gasteiger partial charge in [-0.25, -0.2) is 9.97 Å². The molecule has 0 aliphatic carbocycles. The summed E-state index contributed by atoms with van der Waals surface area (Å²) in [5.74, 6) is 0.696. The van der Waals surface area contributed by atoms with Gasteiger partial charge in [-0.3, -0.25) is 0 Å². The molecule has 0 N–H and O–H groups in total.